The van der Waals surface area contributed by atoms with Gasteiger partial charge in [0, 0.05) is 31.2 Å². The number of piperazine rings is 1. The van der Waals surface area contributed by atoms with Crippen LogP contribution in [0.4, 0.5) is 0 Å². The molecule has 1 aliphatic rings. The van der Waals surface area contributed by atoms with Gasteiger partial charge in [-0.15, -0.1) is 12.4 Å². The van der Waals surface area contributed by atoms with Crippen molar-refractivity contribution in [2.24, 2.45) is 0 Å². The number of nitrogens with zero attached hydrogens (tertiary/aromatic N) is 1. The molecule has 0 bridgehead atoms. The molecule has 4 atom stereocenters. The lowest BCUT2D eigenvalue weighted by Crippen LogP contribution is -2.59. The molecule has 1 rings (SSSR count). The fourth-order valence-corrected chi connectivity index (χ4v) is 2.32. The number of rotatable bonds is 4. The molecule has 1 heterocycles. The van der Waals surface area contributed by atoms with Gasteiger partial charge in [-0.1, -0.05) is 6.92 Å². The predicted octanol–water partition coefficient (Wildman–Crippen LogP) is 1.39. The van der Waals surface area contributed by atoms with E-state index in [0.29, 0.717) is 12.1 Å². The molecule has 0 aromatic carbocycles. The highest BCUT2D eigenvalue weighted by atomic mass is 35.5. The Bertz CT molecular complexity index is 253. The van der Waals surface area contributed by atoms with Gasteiger partial charge < -0.3 is 10.6 Å². The molecular weight excluding hydrogens is 250 g/mol. The summed E-state index contributed by atoms with van der Waals surface area (Å²) in [5.41, 5.74) is 0. The number of halogens is 1. The lowest BCUT2D eigenvalue weighted by molar-refractivity contribution is -0.127. The standard InChI is InChI=1S/C13H27N3O.ClH/c1-6-9(2)15-13(17)12(5)16-7-10(3)14-11(4)8-16;/h9-12,14H,6-8H2,1-5H3,(H,15,17);1H. The van der Waals surface area contributed by atoms with E-state index in [0.717, 1.165) is 19.5 Å². The molecule has 4 unspecified atom stereocenters. The van der Waals surface area contributed by atoms with Crippen molar-refractivity contribution in [3.8, 4) is 0 Å². The van der Waals surface area contributed by atoms with Crippen LogP contribution in [0.3, 0.4) is 0 Å². The molecule has 1 saturated heterocycles. The highest BCUT2D eigenvalue weighted by molar-refractivity contribution is 5.85. The van der Waals surface area contributed by atoms with Gasteiger partial charge >= 0.3 is 0 Å². The molecule has 1 amide bonds. The van der Waals surface area contributed by atoms with Crippen LogP contribution in [-0.2, 0) is 4.79 Å². The molecule has 1 fully saturated rings. The molecule has 18 heavy (non-hydrogen) atoms. The summed E-state index contributed by atoms with van der Waals surface area (Å²) in [7, 11) is 0. The Kier molecular flexibility index (Phi) is 7.83. The zero-order valence-electron chi connectivity index (χ0n) is 12.2. The SMILES string of the molecule is CCC(C)NC(=O)C(C)N1CC(C)NC(C)C1.Cl. The lowest BCUT2D eigenvalue weighted by atomic mass is 10.1. The van der Waals surface area contributed by atoms with Crippen molar-refractivity contribution in [1.82, 2.24) is 15.5 Å². The number of carbonyl (C=O) groups excluding carboxylic acids is 1. The second-order valence-electron chi connectivity index (χ2n) is 5.42. The van der Waals surface area contributed by atoms with Crippen LogP contribution in [0.25, 0.3) is 0 Å². The quantitative estimate of drug-likeness (QED) is 0.816. The number of amides is 1. The third kappa shape index (κ3) is 5.12. The van der Waals surface area contributed by atoms with Crippen LogP contribution < -0.4 is 10.6 Å². The number of hydrogen-bond acceptors (Lipinski definition) is 3. The van der Waals surface area contributed by atoms with Crippen LogP contribution in [0.1, 0.15) is 41.0 Å². The fourth-order valence-electron chi connectivity index (χ4n) is 2.32. The zero-order valence-corrected chi connectivity index (χ0v) is 13.0. The lowest BCUT2D eigenvalue weighted by Gasteiger charge is -2.39. The Morgan fingerprint density at radius 2 is 1.83 bits per heavy atom. The molecule has 0 spiro atoms. The van der Waals surface area contributed by atoms with Crippen molar-refractivity contribution >= 4 is 18.3 Å². The zero-order chi connectivity index (χ0) is 13.0. The van der Waals surface area contributed by atoms with E-state index >= 15 is 0 Å². The monoisotopic (exact) mass is 277 g/mol. The summed E-state index contributed by atoms with van der Waals surface area (Å²) < 4.78 is 0. The number of nitrogens with one attached hydrogen (secondary N) is 2. The van der Waals surface area contributed by atoms with E-state index in [-0.39, 0.29) is 30.4 Å². The van der Waals surface area contributed by atoms with Gasteiger partial charge in [0.1, 0.15) is 0 Å². The summed E-state index contributed by atoms with van der Waals surface area (Å²) in [4.78, 5) is 14.3. The molecule has 0 aromatic rings. The van der Waals surface area contributed by atoms with Crippen LogP contribution in [0.2, 0.25) is 0 Å². The topological polar surface area (TPSA) is 44.4 Å². The first-order valence-electron chi connectivity index (χ1n) is 6.74. The molecule has 0 radical (unpaired) electrons. The van der Waals surface area contributed by atoms with E-state index in [1.165, 1.54) is 0 Å². The predicted molar refractivity (Wildman–Crippen MR) is 78.2 cm³/mol. The van der Waals surface area contributed by atoms with Crippen LogP contribution in [0.15, 0.2) is 0 Å². The first kappa shape index (κ1) is 17.7. The Labute approximate surface area is 117 Å². The van der Waals surface area contributed by atoms with Gasteiger partial charge in [0.25, 0.3) is 0 Å². The van der Waals surface area contributed by atoms with Gasteiger partial charge in [0.15, 0.2) is 0 Å². The number of hydrogen-bond donors (Lipinski definition) is 2. The summed E-state index contributed by atoms with van der Waals surface area (Å²) in [5, 5.41) is 6.54. The Morgan fingerprint density at radius 3 is 2.28 bits per heavy atom. The molecule has 0 aliphatic carbocycles. The Balaban J connectivity index is 0.00000289. The molecular formula is C13H28ClN3O. The molecule has 0 saturated carbocycles. The van der Waals surface area contributed by atoms with Crippen molar-refractivity contribution in [3.05, 3.63) is 0 Å². The van der Waals surface area contributed by atoms with Crippen molar-refractivity contribution < 1.29 is 4.79 Å². The van der Waals surface area contributed by atoms with Crippen LogP contribution >= 0.6 is 12.4 Å². The second-order valence-corrected chi connectivity index (χ2v) is 5.42. The van der Waals surface area contributed by atoms with Gasteiger partial charge in [-0.3, -0.25) is 9.69 Å². The minimum absolute atomic E-state index is 0. The van der Waals surface area contributed by atoms with E-state index in [9.17, 15) is 4.79 Å². The number of carbonyl (C=O) groups is 1. The maximum atomic E-state index is 12.1. The Morgan fingerprint density at radius 1 is 1.33 bits per heavy atom. The van der Waals surface area contributed by atoms with E-state index < -0.39 is 0 Å². The average molecular weight is 278 g/mol. The summed E-state index contributed by atoms with van der Waals surface area (Å²) in [6.45, 7) is 12.4. The van der Waals surface area contributed by atoms with Crippen molar-refractivity contribution in [3.63, 3.8) is 0 Å². The summed E-state index contributed by atoms with van der Waals surface area (Å²) >= 11 is 0. The van der Waals surface area contributed by atoms with Crippen LogP contribution in [-0.4, -0.2) is 48.1 Å². The summed E-state index contributed by atoms with van der Waals surface area (Å²) in [6, 6.07) is 1.15. The minimum atomic E-state index is -0.0315. The highest BCUT2D eigenvalue weighted by Crippen LogP contribution is 2.09. The summed E-state index contributed by atoms with van der Waals surface area (Å²) in [5.74, 6) is 0.153. The van der Waals surface area contributed by atoms with Gasteiger partial charge in [-0.25, -0.2) is 0 Å². The average Bonchev–Trinajstić information content (AvgIpc) is 2.26. The van der Waals surface area contributed by atoms with Crippen molar-refractivity contribution in [1.29, 1.82) is 0 Å². The van der Waals surface area contributed by atoms with E-state index in [1.807, 2.05) is 13.8 Å². The van der Waals surface area contributed by atoms with Gasteiger partial charge in [0.2, 0.25) is 5.91 Å². The highest BCUT2D eigenvalue weighted by Gasteiger charge is 2.28. The van der Waals surface area contributed by atoms with Crippen LogP contribution in [0.5, 0.6) is 0 Å². The van der Waals surface area contributed by atoms with Crippen molar-refractivity contribution in [2.75, 3.05) is 13.1 Å². The first-order valence-corrected chi connectivity index (χ1v) is 6.74. The largest absolute Gasteiger partial charge is 0.352 e. The normalized spacial score (nSPS) is 28.1. The van der Waals surface area contributed by atoms with Gasteiger partial charge in [-0.05, 0) is 34.1 Å². The smallest absolute Gasteiger partial charge is 0.237 e. The minimum Gasteiger partial charge on any atom is -0.352 e. The Hall–Kier alpha value is -0.320. The van der Waals surface area contributed by atoms with E-state index in [4.69, 9.17) is 0 Å². The first-order chi connectivity index (χ1) is 7.93. The molecule has 0 aromatic heterocycles. The third-order valence-corrected chi connectivity index (χ3v) is 3.51. The summed E-state index contributed by atoms with van der Waals surface area (Å²) in [6.07, 6.45) is 0.979. The maximum absolute atomic E-state index is 12.1. The van der Waals surface area contributed by atoms with E-state index in [2.05, 4.69) is 36.3 Å². The maximum Gasteiger partial charge on any atom is 0.237 e. The molecule has 4 nitrogen and oxygen atoms in total. The molecule has 5 heteroatoms. The second kappa shape index (κ2) is 7.97. The molecule has 2 N–H and O–H groups in total. The fraction of sp³-hybridized carbons (Fsp3) is 0.923. The van der Waals surface area contributed by atoms with Gasteiger partial charge in [-0.2, -0.15) is 0 Å². The third-order valence-electron chi connectivity index (χ3n) is 3.51. The van der Waals surface area contributed by atoms with E-state index in [1.54, 1.807) is 0 Å². The van der Waals surface area contributed by atoms with Gasteiger partial charge in [0.05, 0.1) is 6.04 Å². The molecule has 108 valence electrons. The van der Waals surface area contributed by atoms with Crippen LogP contribution in [0, 0.1) is 0 Å². The molecule has 1 aliphatic heterocycles. The van der Waals surface area contributed by atoms with Crippen molar-refractivity contribution in [2.45, 2.75) is 65.2 Å².